The Labute approximate surface area is 112 Å². The molecule has 4 nitrogen and oxygen atoms in total. The maximum atomic E-state index is 4.25. The van der Waals surface area contributed by atoms with Crippen molar-refractivity contribution in [3.63, 3.8) is 0 Å². The van der Waals surface area contributed by atoms with Crippen LogP contribution in [0.4, 0.5) is 0 Å². The third-order valence-corrected chi connectivity index (χ3v) is 3.38. The summed E-state index contributed by atoms with van der Waals surface area (Å²) in [5.74, 6) is 1.01. The first-order chi connectivity index (χ1) is 9.33. The van der Waals surface area contributed by atoms with Crippen LogP contribution in [0.5, 0.6) is 0 Å². The number of fused-ring (bicyclic) bond motifs is 1. The summed E-state index contributed by atoms with van der Waals surface area (Å²) in [5, 5.41) is 1.30. The Hall–Kier alpha value is -2.07. The minimum Gasteiger partial charge on any atom is -0.348 e. The number of likely N-dealkylation sites (N-methyl/N-ethyl adjacent to an activating group) is 1. The summed E-state index contributed by atoms with van der Waals surface area (Å²) in [6.45, 7) is 2.84. The second-order valence-electron chi connectivity index (χ2n) is 4.84. The van der Waals surface area contributed by atoms with Crippen LogP contribution in [-0.4, -0.2) is 33.0 Å². The van der Waals surface area contributed by atoms with Gasteiger partial charge in [0.05, 0.1) is 6.54 Å². The van der Waals surface area contributed by atoms with Gasteiger partial charge < -0.3 is 9.55 Å². The molecule has 0 bridgehead atoms. The third-order valence-electron chi connectivity index (χ3n) is 3.38. The van der Waals surface area contributed by atoms with Crippen LogP contribution in [0.2, 0.25) is 0 Å². The van der Waals surface area contributed by atoms with Crippen molar-refractivity contribution in [3.05, 3.63) is 54.7 Å². The summed E-state index contributed by atoms with van der Waals surface area (Å²) in [5.41, 5.74) is 1.30. The summed E-state index contributed by atoms with van der Waals surface area (Å²) in [4.78, 5) is 9.65. The van der Waals surface area contributed by atoms with E-state index in [4.69, 9.17) is 0 Å². The topological polar surface area (TPSA) is 36.9 Å². The highest BCUT2D eigenvalue weighted by Gasteiger charge is 2.04. The van der Waals surface area contributed by atoms with E-state index in [-0.39, 0.29) is 0 Å². The highest BCUT2D eigenvalue weighted by atomic mass is 15.1. The molecule has 2 heterocycles. The lowest BCUT2D eigenvalue weighted by Gasteiger charge is -2.16. The van der Waals surface area contributed by atoms with E-state index in [0.29, 0.717) is 0 Å². The largest absolute Gasteiger partial charge is 0.348 e. The summed E-state index contributed by atoms with van der Waals surface area (Å²) in [7, 11) is 2.12. The Morgan fingerprint density at radius 1 is 1.26 bits per heavy atom. The van der Waals surface area contributed by atoms with Crippen molar-refractivity contribution in [1.29, 1.82) is 0 Å². The van der Waals surface area contributed by atoms with Crippen LogP contribution in [-0.2, 0) is 13.1 Å². The van der Waals surface area contributed by atoms with Crippen LogP contribution >= 0.6 is 0 Å². The first kappa shape index (κ1) is 12.0. The number of H-pyrrole nitrogens is 1. The molecule has 19 heavy (non-hydrogen) atoms. The molecule has 0 saturated heterocycles. The van der Waals surface area contributed by atoms with Gasteiger partial charge >= 0.3 is 0 Å². The van der Waals surface area contributed by atoms with E-state index in [1.54, 1.807) is 6.20 Å². The van der Waals surface area contributed by atoms with Gasteiger partial charge in [0, 0.05) is 37.2 Å². The zero-order valence-electron chi connectivity index (χ0n) is 11.1. The molecule has 98 valence electrons. The van der Waals surface area contributed by atoms with E-state index in [1.807, 2.05) is 6.20 Å². The van der Waals surface area contributed by atoms with Crippen molar-refractivity contribution >= 4 is 10.9 Å². The Balaban J connectivity index is 1.62. The molecule has 0 unspecified atom stereocenters. The molecular formula is C15H18N4. The Morgan fingerprint density at radius 3 is 3.00 bits per heavy atom. The van der Waals surface area contributed by atoms with Gasteiger partial charge in [0.1, 0.15) is 5.82 Å². The fourth-order valence-corrected chi connectivity index (χ4v) is 2.33. The molecule has 3 rings (SSSR count). The van der Waals surface area contributed by atoms with Crippen LogP contribution in [0.25, 0.3) is 10.9 Å². The molecule has 4 heteroatoms. The van der Waals surface area contributed by atoms with Crippen LogP contribution in [0.3, 0.4) is 0 Å². The third kappa shape index (κ3) is 2.69. The van der Waals surface area contributed by atoms with Crippen LogP contribution in [0, 0.1) is 0 Å². The number of nitrogens with one attached hydrogen (secondary N) is 1. The highest BCUT2D eigenvalue weighted by Crippen LogP contribution is 2.14. The van der Waals surface area contributed by atoms with Crippen molar-refractivity contribution < 1.29 is 0 Å². The summed E-state index contributed by atoms with van der Waals surface area (Å²) in [6, 6.07) is 10.7. The SMILES string of the molecule is CN(CCn1ccc2ccccc21)Cc1ncc[nH]1. The lowest BCUT2D eigenvalue weighted by Crippen LogP contribution is -2.23. The van der Waals surface area contributed by atoms with E-state index in [0.717, 1.165) is 25.5 Å². The molecule has 2 aromatic heterocycles. The number of hydrogen-bond donors (Lipinski definition) is 1. The second-order valence-corrected chi connectivity index (χ2v) is 4.84. The molecular weight excluding hydrogens is 236 g/mol. The van der Waals surface area contributed by atoms with Crippen molar-refractivity contribution in [2.45, 2.75) is 13.1 Å². The van der Waals surface area contributed by atoms with Crippen molar-refractivity contribution in [2.75, 3.05) is 13.6 Å². The fraction of sp³-hybridized carbons (Fsp3) is 0.267. The minimum atomic E-state index is 0.853. The number of hydrogen-bond acceptors (Lipinski definition) is 2. The molecule has 1 N–H and O–H groups in total. The van der Waals surface area contributed by atoms with E-state index < -0.39 is 0 Å². The van der Waals surface area contributed by atoms with Crippen molar-refractivity contribution in [1.82, 2.24) is 19.4 Å². The van der Waals surface area contributed by atoms with Crippen molar-refractivity contribution in [3.8, 4) is 0 Å². The van der Waals surface area contributed by atoms with Gasteiger partial charge in [-0.05, 0) is 24.6 Å². The molecule has 0 amide bonds. The number of imidazole rings is 1. The van der Waals surface area contributed by atoms with Gasteiger partial charge in [-0.25, -0.2) is 4.98 Å². The maximum Gasteiger partial charge on any atom is 0.120 e. The standard InChI is InChI=1S/C15H18N4/c1-18(12-15-16-7-8-17-15)10-11-19-9-6-13-4-2-3-5-14(13)19/h2-9H,10-12H2,1H3,(H,16,17). The minimum absolute atomic E-state index is 0.853. The van der Waals surface area contributed by atoms with Gasteiger partial charge in [0.2, 0.25) is 0 Å². The molecule has 0 saturated carbocycles. The molecule has 0 aliphatic carbocycles. The average molecular weight is 254 g/mol. The van der Waals surface area contributed by atoms with Crippen LogP contribution in [0.1, 0.15) is 5.82 Å². The first-order valence-corrected chi connectivity index (χ1v) is 6.53. The molecule has 0 atom stereocenters. The van der Waals surface area contributed by atoms with Gasteiger partial charge in [-0.2, -0.15) is 0 Å². The smallest absolute Gasteiger partial charge is 0.120 e. The predicted molar refractivity (Wildman–Crippen MR) is 76.9 cm³/mol. The normalized spacial score (nSPS) is 11.5. The van der Waals surface area contributed by atoms with E-state index in [9.17, 15) is 0 Å². The van der Waals surface area contributed by atoms with Gasteiger partial charge in [-0.15, -0.1) is 0 Å². The van der Waals surface area contributed by atoms with Gasteiger partial charge in [-0.3, -0.25) is 4.90 Å². The zero-order valence-corrected chi connectivity index (χ0v) is 11.1. The maximum absolute atomic E-state index is 4.25. The van der Waals surface area contributed by atoms with Crippen LogP contribution < -0.4 is 0 Å². The zero-order chi connectivity index (χ0) is 13.1. The quantitative estimate of drug-likeness (QED) is 0.759. The molecule has 0 aliphatic heterocycles. The average Bonchev–Trinajstić information content (AvgIpc) is 3.05. The highest BCUT2D eigenvalue weighted by molar-refractivity contribution is 5.79. The van der Waals surface area contributed by atoms with Crippen LogP contribution in [0.15, 0.2) is 48.9 Å². The van der Waals surface area contributed by atoms with Gasteiger partial charge in [0.15, 0.2) is 0 Å². The summed E-state index contributed by atoms with van der Waals surface area (Å²) < 4.78 is 2.30. The number of rotatable bonds is 5. The number of aromatic nitrogens is 3. The summed E-state index contributed by atoms with van der Waals surface area (Å²) >= 11 is 0. The van der Waals surface area contributed by atoms with Gasteiger partial charge in [-0.1, -0.05) is 18.2 Å². The monoisotopic (exact) mass is 254 g/mol. The second kappa shape index (κ2) is 5.28. The lowest BCUT2D eigenvalue weighted by atomic mass is 10.2. The molecule has 3 aromatic rings. The Morgan fingerprint density at radius 2 is 2.16 bits per heavy atom. The Kier molecular flexibility index (Phi) is 3.33. The predicted octanol–water partition coefficient (Wildman–Crippen LogP) is 2.50. The van der Waals surface area contributed by atoms with E-state index in [1.165, 1.54) is 10.9 Å². The molecule has 0 aliphatic rings. The molecule has 1 aromatic carbocycles. The van der Waals surface area contributed by atoms with E-state index in [2.05, 4.69) is 63.0 Å². The number of nitrogens with zero attached hydrogens (tertiary/aromatic N) is 3. The molecule has 0 fully saturated rings. The fourth-order valence-electron chi connectivity index (χ4n) is 2.33. The number of aromatic amines is 1. The lowest BCUT2D eigenvalue weighted by molar-refractivity contribution is 0.306. The van der Waals surface area contributed by atoms with Gasteiger partial charge in [0.25, 0.3) is 0 Å². The first-order valence-electron chi connectivity index (χ1n) is 6.53. The van der Waals surface area contributed by atoms with Crippen molar-refractivity contribution in [2.24, 2.45) is 0 Å². The molecule has 0 radical (unpaired) electrons. The summed E-state index contributed by atoms with van der Waals surface area (Å²) in [6.07, 6.45) is 5.82. The number of benzene rings is 1. The molecule has 0 spiro atoms. The number of para-hydroxylation sites is 1. The Bertz CT molecular complexity index is 639. The van der Waals surface area contributed by atoms with E-state index >= 15 is 0 Å².